The molecule has 3 N–H and O–H groups in total. The fraction of sp³-hybridized carbons (Fsp3) is 0.538. The van der Waals surface area contributed by atoms with Crippen molar-refractivity contribution in [2.75, 3.05) is 23.7 Å². The molecular formula is C13H21N5O3. The molecule has 0 bridgehead atoms. The van der Waals surface area contributed by atoms with Gasteiger partial charge in [-0.25, -0.2) is 4.98 Å². The van der Waals surface area contributed by atoms with Crippen LogP contribution in [-0.4, -0.2) is 34.9 Å². The van der Waals surface area contributed by atoms with Crippen molar-refractivity contribution in [1.82, 2.24) is 10.3 Å². The number of anilines is 2. The van der Waals surface area contributed by atoms with Crippen LogP contribution in [0.5, 0.6) is 0 Å². The van der Waals surface area contributed by atoms with E-state index in [1.807, 2.05) is 13.8 Å². The highest BCUT2D eigenvalue weighted by Gasteiger charge is 2.16. The molecule has 0 radical (unpaired) electrons. The topological polar surface area (TPSA) is 109 Å². The van der Waals surface area contributed by atoms with Gasteiger partial charge in [0, 0.05) is 13.1 Å². The van der Waals surface area contributed by atoms with Crippen LogP contribution in [0.1, 0.15) is 27.2 Å². The predicted octanol–water partition coefficient (Wildman–Crippen LogP) is 1.75. The minimum Gasteiger partial charge on any atom is -0.370 e. The largest absolute Gasteiger partial charge is 0.370 e. The van der Waals surface area contributed by atoms with Crippen molar-refractivity contribution in [3.05, 3.63) is 22.2 Å². The number of nitrogens with zero attached hydrogens (tertiary/aromatic N) is 2. The highest BCUT2D eigenvalue weighted by atomic mass is 16.6. The molecule has 1 aromatic rings. The van der Waals surface area contributed by atoms with Crippen molar-refractivity contribution in [3.63, 3.8) is 0 Å². The van der Waals surface area contributed by atoms with Gasteiger partial charge in [-0.3, -0.25) is 14.9 Å². The SMILES string of the molecule is CCCNC(=O)C(C)Nc1cc([N+](=O)[O-])cc(NCC)n1. The first-order valence-corrected chi connectivity index (χ1v) is 6.92. The molecule has 1 rings (SSSR count). The Bertz CT molecular complexity index is 507. The molecular weight excluding hydrogens is 274 g/mol. The van der Waals surface area contributed by atoms with Crippen LogP contribution in [0.25, 0.3) is 0 Å². The third kappa shape index (κ3) is 5.25. The van der Waals surface area contributed by atoms with E-state index in [1.54, 1.807) is 6.92 Å². The molecule has 0 fully saturated rings. The maximum atomic E-state index is 11.8. The molecule has 1 heterocycles. The minimum atomic E-state index is -0.527. The average Bonchev–Trinajstić information content (AvgIpc) is 2.44. The molecule has 8 nitrogen and oxygen atoms in total. The zero-order valence-electron chi connectivity index (χ0n) is 12.5. The molecule has 21 heavy (non-hydrogen) atoms. The van der Waals surface area contributed by atoms with Crippen LogP contribution >= 0.6 is 0 Å². The van der Waals surface area contributed by atoms with Crippen molar-refractivity contribution in [2.24, 2.45) is 0 Å². The van der Waals surface area contributed by atoms with E-state index >= 15 is 0 Å². The highest BCUT2D eigenvalue weighted by Crippen LogP contribution is 2.21. The summed E-state index contributed by atoms with van der Waals surface area (Å²) in [5, 5.41) is 19.5. The predicted molar refractivity (Wildman–Crippen MR) is 81.4 cm³/mol. The maximum Gasteiger partial charge on any atom is 0.276 e. The molecule has 0 aliphatic heterocycles. The van der Waals surface area contributed by atoms with Crippen LogP contribution in [0.4, 0.5) is 17.3 Å². The van der Waals surface area contributed by atoms with Gasteiger partial charge >= 0.3 is 0 Å². The lowest BCUT2D eigenvalue weighted by molar-refractivity contribution is -0.384. The Morgan fingerprint density at radius 2 is 2.05 bits per heavy atom. The Morgan fingerprint density at radius 1 is 1.38 bits per heavy atom. The molecule has 116 valence electrons. The molecule has 0 spiro atoms. The van der Waals surface area contributed by atoms with Crippen molar-refractivity contribution in [1.29, 1.82) is 0 Å². The summed E-state index contributed by atoms with van der Waals surface area (Å²) in [7, 11) is 0. The molecule has 1 aromatic heterocycles. The second kappa shape index (κ2) is 8.03. The van der Waals surface area contributed by atoms with Gasteiger partial charge in [-0.05, 0) is 20.3 Å². The summed E-state index contributed by atoms with van der Waals surface area (Å²) >= 11 is 0. The zero-order chi connectivity index (χ0) is 15.8. The van der Waals surface area contributed by atoms with Crippen molar-refractivity contribution >= 4 is 23.2 Å². The number of nitro groups is 1. The Hall–Kier alpha value is -2.38. The van der Waals surface area contributed by atoms with E-state index in [9.17, 15) is 14.9 Å². The third-order valence-corrected chi connectivity index (χ3v) is 2.69. The number of carbonyl (C=O) groups is 1. The first-order valence-electron chi connectivity index (χ1n) is 6.92. The summed E-state index contributed by atoms with van der Waals surface area (Å²) < 4.78 is 0. The summed E-state index contributed by atoms with van der Waals surface area (Å²) in [5.41, 5.74) is -0.0791. The molecule has 0 aromatic carbocycles. The van der Waals surface area contributed by atoms with Gasteiger partial charge in [-0.1, -0.05) is 6.92 Å². The molecule has 8 heteroatoms. The fourth-order valence-electron chi connectivity index (χ4n) is 1.66. The van der Waals surface area contributed by atoms with E-state index in [0.717, 1.165) is 6.42 Å². The summed E-state index contributed by atoms with van der Waals surface area (Å²) in [5.74, 6) is 0.518. The average molecular weight is 295 g/mol. The lowest BCUT2D eigenvalue weighted by Gasteiger charge is -2.15. The summed E-state index contributed by atoms with van der Waals surface area (Å²) in [6.45, 7) is 6.70. The number of carbonyl (C=O) groups excluding carboxylic acids is 1. The Morgan fingerprint density at radius 3 is 2.62 bits per heavy atom. The maximum absolute atomic E-state index is 11.8. The number of aromatic nitrogens is 1. The normalized spacial score (nSPS) is 11.6. The van der Waals surface area contributed by atoms with Gasteiger partial charge in [0.15, 0.2) is 0 Å². The van der Waals surface area contributed by atoms with E-state index in [-0.39, 0.29) is 11.6 Å². The van der Waals surface area contributed by atoms with E-state index in [2.05, 4.69) is 20.9 Å². The van der Waals surface area contributed by atoms with E-state index in [0.29, 0.717) is 24.7 Å². The number of amides is 1. The molecule has 1 unspecified atom stereocenters. The van der Waals surface area contributed by atoms with Gasteiger partial charge in [0.25, 0.3) is 5.69 Å². The first-order chi connectivity index (χ1) is 9.97. The molecule has 0 saturated carbocycles. The number of hydrogen-bond donors (Lipinski definition) is 3. The molecule has 0 aliphatic rings. The first kappa shape index (κ1) is 16.7. The van der Waals surface area contributed by atoms with Crippen LogP contribution in [0.2, 0.25) is 0 Å². The van der Waals surface area contributed by atoms with Crippen LogP contribution in [-0.2, 0) is 4.79 Å². The molecule has 1 atom stereocenters. The van der Waals surface area contributed by atoms with E-state index < -0.39 is 11.0 Å². The second-order valence-electron chi connectivity index (χ2n) is 4.54. The minimum absolute atomic E-state index is 0.0791. The van der Waals surface area contributed by atoms with Crippen LogP contribution in [0.15, 0.2) is 12.1 Å². The molecule has 0 saturated heterocycles. The number of nitrogens with one attached hydrogen (secondary N) is 3. The quantitative estimate of drug-likeness (QED) is 0.498. The fourth-order valence-corrected chi connectivity index (χ4v) is 1.66. The van der Waals surface area contributed by atoms with Crippen molar-refractivity contribution < 1.29 is 9.72 Å². The van der Waals surface area contributed by atoms with E-state index in [4.69, 9.17) is 0 Å². The van der Waals surface area contributed by atoms with Crippen LogP contribution < -0.4 is 16.0 Å². The van der Waals surface area contributed by atoms with Gasteiger partial charge < -0.3 is 16.0 Å². The molecule has 1 amide bonds. The Balaban J connectivity index is 2.85. The number of hydrogen-bond acceptors (Lipinski definition) is 6. The van der Waals surface area contributed by atoms with Gasteiger partial charge in [0.2, 0.25) is 5.91 Å². The number of rotatable bonds is 8. The van der Waals surface area contributed by atoms with Gasteiger partial charge in [0.1, 0.15) is 17.7 Å². The van der Waals surface area contributed by atoms with Gasteiger partial charge in [-0.15, -0.1) is 0 Å². The lowest BCUT2D eigenvalue weighted by Crippen LogP contribution is -2.38. The van der Waals surface area contributed by atoms with Crippen molar-refractivity contribution in [2.45, 2.75) is 33.2 Å². The van der Waals surface area contributed by atoms with Crippen LogP contribution in [0, 0.1) is 10.1 Å². The Labute approximate surface area is 123 Å². The summed E-state index contributed by atoms with van der Waals surface area (Å²) in [6.07, 6.45) is 0.845. The Kier molecular flexibility index (Phi) is 6.38. The van der Waals surface area contributed by atoms with Gasteiger partial charge in [-0.2, -0.15) is 0 Å². The highest BCUT2D eigenvalue weighted by molar-refractivity contribution is 5.84. The standard InChI is InChI=1S/C13H21N5O3/c1-4-6-15-13(19)9(3)16-12-8-10(18(20)21)7-11(17-12)14-5-2/h7-9H,4-6H2,1-3H3,(H,15,19)(H2,14,16,17). The lowest BCUT2D eigenvalue weighted by atomic mass is 10.3. The summed E-state index contributed by atoms with van der Waals surface area (Å²) in [6, 6.07) is 2.14. The van der Waals surface area contributed by atoms with Gasteiger partial charge in [0.05, 0.1) is 17.1 Å². The van der Waals surface area contributed by atoms with E-state index in [1.165, 1.54) is 12.1 Å². The zero-order valence-corrected chi connectivity index (χ0v) is 12.5. The number of pyridine rings is 1. The third-order valence-electron chi connectivity index (χ3n) is 2.69. The molecule has 0 aliphatic carbocycles. The van der Waals surface area contributed by atoms with Crippen molar-refractivity contribution in [3.8, 4) is 0 Å². The second-order valence-corrected chi connectivity index (χ2v) is 4.54. The monoisotopic (exact) mass is 295 g/mol. The summed E-state index contributed by atoms with van der Waals surface area (Å²) in [4.78, 5) is 26.4. The van der Waals surface area contributed by atoms with Crippen LogP contribution in [0.3, 0.4) is 0 Å². The smallest absolute Gasteiger partial charge is 0.276 e.